The topological polar surface area (TPSA) is 63.4 Å². The van der Waals surface area contributed by atoms with Gasteiger partial charge in [0.1, 0.15) is 0 Å². The van der Waals surface area contributed by atoms with Gasteiger partial charge >= 0.3 is 0 Å². The summed E-state index contributed by atoms with van der Waals surface area (Å²) in [5.41, 5.74) is 5.39. The van der Waals surface area contributed by atoms with Crippen LogP contribution in [0.2, 0.25) is 0 Å². The molecule has 17 heavy (non-hydrogen) atoms. The van der Waals surface area contributed by atoms with E-state index in [1.807, 2.05) is 0 Å². The third kappa shape index (κ3) is 4.94. The number of nitrogens with zero attached hydrogens (tertiary/aromatic N) is 1. The lowest BCUT2D eigenvalue weighted by molar-refractivity contribution is 0.406. The Morgan fingerprint density at radius 2 is 2.00 bits per heavy atom. The molecule has 5 heteroatoms. The predicted octanol–water partition coefficient (Wildman–Crippen LogP) is 1.57. The van der Waals surface area contributed by atoms with Gasteiger partial charge in [-0.05, 0) is 44.6 Å². The van der Waals surface area contributed by atoms with Gasteiger partial charge in [-0.15, -0.1) is 0 Å². The highest BCUT2D eigenvalue weighted by Crippen LogP contribution is 2.22. The van der Waals surface area contributed by atoms with E-state index in [4.69, 9.17) is 5.73 Å². The van der Waals surface area contributed by atoms with Gasteiger partial charge in [-0.3, -0.25) is 0 Å². The zero-order chi connectivity index (χ0) is 12.7. The van der Waals surface area contributed by atoms with Gasteiger partial charge in [0.2, 0.25) is 10.0 Å². The van der Waals surface area contributed by atoms with Crippen molar-refractivity contribution in [1.82, 2.24) is 4.31 Å². The van der Waals surface area contributed by atoms with Gasteiger partial charge < -0.3 is 5.73 Å². The fourth-order valence-electron chi connectivity index (χ4n) is 2.38. The van der Waals surface area contributed by atoms with Crippen molar-refractivity contribution in [3.05, 3.63) is 0 Å². The van der Waals surface area contributed by atoms with E-state index in [9.17, 15) is 8.42 Å². The Morgan fingerprint density at radius 3 is 2.65 bits per heavy atom. The van der Waals surface area contributed by atoms with Crippen molar-refractivity contribution in [1.29, 1.82) is 0 Å². The standard InChI is InChI=1S/C12H26N2O2S/c1-2-12-6-5-9-14(10-7-12)17(15,16)11-4-3-8-13/h12H,2-11,13H2,1H3. The Bertz CT molecular complexity index is 304. The minimum absolute atomic E-state index is 0.265. The lowest BCUT2D eigenvalue weighted by Gasteiger charge is -2.20. The van der Waals surface area contributed by atoms with Crippen molar-refractivity contribution in [3.63, 3.8) is 0 Å². The predicted molar refractivity (Wildman–Crippen MR) is 71.3 cm³/mol. The van der Waals surface area contributed by atoms with E-state index in [1.165, 1.54) is 12.8 Å². The lowest BCUT2D eigenvalue weighted by atomic mass is 9.98. The first-order valence-electron chi connectivity index (χ1n) is 6.78. The molecule has 102 valence electrons. The van der Waals surface area contributed by atoms with Crippen molar-refractivity contribution in [2.75, 3.05) is 25.4 Å². The van der Waals surface area contributed by atoms with Gasteiger partial charge in [0.25, 0.3) is 0 Å². The highest BCUT2D eigenvalue weighted by atomic mass is 32.2. The van der Waals surface area contributed by atoms with Crippen molar-refractivity contribution in [2.24, 2.45) is 11.7 Å². The van der Waals surface area contributed by atoms with Crippen LogP contribution in [0.5, 0.6) is 0 Å². The van der Waals surface area contributed by atoms with E-state index < -0.39 is 10.0 Å². The molecule has 1 unspecified atom stereocenters. The smallest absolute Gasteiger partial charge is 0.214 e. The molecule has 1 saturated heterocycles. The fourth-order valence-corrected chi connectivity index (χ4v) is 4.00. The second-order valence-corrected chi connectivity index (χ2v) is 7.00. The Labute approximate surface area is 106 Å². The third-order valence-corrected chi connectivity index (χ3v) is 5.59. The molecule has 2 N–H and O–H groups in total. The van der Waals surface area contributed by atoms with E-state index in [1.54, 1.807) is 4.31 Å². The lowest BCUT2D eigenvalue weighted by Crippen LogP contribution is -2.34. The van der Waals surface area contributed by atoms with Crippen LogP contribution >= 0.6 is 0 Å². The molecule has 0 amide bonds. The summed E-state index contributed by atoms with van der Waals surface area (Å²) in [6, 6.07) is 0. The largest absolute Gasteiger partial charge is 0.330 e. The van der Waals surface area contributed by atoms with Crippen LogP contribution in [0.3, 0.4) is 0 Å². The summed E-state index contributed by atoms with van der Waals surface area (Å²) >= 11 is 0. The summed E-state index contributed by atoms with van der Waals surface area (Å²) in [5, 5.41) is 0. The van der Waals surface area contributed by atoms with E-state index in [0.717, 1.165) is 19.3 Å². The molecule has 1 aliphatic heterocycles. The Kier molecular flexibility index (Phi) is 6.44. The van der Waals surface area contributed by atoms with Crippen molar-refractivity contribution >= 4 is 10.0 Å². The Balaban J connectivity index is 2.47. The van der Waals surface area contributed by atoms with Crippen LogP contribution < -0.4 is 5.73 Å². The van der Waals surface area contributed by atoms with Gasteiger partial charge in [0.15, 0.2) is 0 Å². The van der Waals surface area contributed by atoms with Crippen LogP contribution in [0.1, 0.15) is 45.4 Å². The number of hydrogen-bond donors (Lipinski definition) is 1. The zero-order valence-corrected chi connectivity index (χ0v) is 11.7. The van der Waals surface area contributed by atoms with Crippen molar-refractivity contribution in [2.45, 2.75) is 45.4 Å². The average molecular weight is 262 g/mol. The van der Waals surface area contributed by atoms with Gasteiger partial charge in [-0.2, -0.15) is 0 Å². The molecule has 1 aliphatic rings. The normalized spacial score (nSPS) is 23.5. The Morgan fingerprint density at radius 1 is 1.24 bits per heavy atom. The first-order valence-corrected chi connectivity index (χ1v) is 8.39. The SMILES string of the molecule is CCC1CCCN(S(=O)(=O)CCCCN)CC1. The molecule has 1 rings (SSSR count). The van der Waals surface area contributed by atoms with Crippen molar-refractivity contribution < 1.29 is 8.42 Å². The van der Waals surface area contributed by atoms with E-state index in [0.29, 0.717) is 32.0 Å². The van der Waals surface area contributed by atoms with Crippen molar-refractivity contribution in [3.8, 4) is 0 Å². The summed E-state index contributed by atoms with van der Waals surface area (Å²) in [4.78, 5) is 0. The van der Waals surface area contributed by atoms with Gasteiger partial charge in [0.05, 0.1) is 5.75 Å². The van der Waals surface area contributed by atoms with Crippen LogP contribution in [0.15, 0.2) is 0 Å². The van der Waals surface area contributed by atoms with Crippen LogP contribution in [0.4, 0.5) is 0 Å². The second-order valence-electron chi connectivity index (χ2n) is 4.92. The number of rotatable bonds is 6. The fraction of sp³-hybridized carbons (Fsp3) is 1.00. The molecule has 0 bridgehead atoms. The van der Waals surface area contributed by atoms with Crippen LogP contribution in [0, 0.1) is 5.92 Å². The van der Waals surface area contributed by atoms with E-state index in [-0.39, 0.29) is 5.75 Å². The molecule has 1 fully saturated rings. The second kappa shape index (κ2) is 7.34. The first-order chi connectivity index (χ1) is 8.10. The molecule has 1 heterocycles. The number of unbranched alkanes of at least 4 members (excludes halogenated alkanes) is 1. The molecular formula is C12H26N2O2S. The quantitative estimate of drug-likeness (QED) is 0.739. The first kappa shape index (κ1) is 14.9. The van der Waals surface area contributed by atoms with Gasteiger partial charge in [-0.1, -0.05) is 13.3 Å². The third-order valence-electron chi connectivity index (χ3n) is 3.63. The molecular weight excluding hydrogens is 236 g/mol. The summed E-state index contributed by atoms with van der Waals surface area (Å²) in [5.74, 6) is 0.973. The van der Waals surface area contributed by atoms with Crippen LogP contribution in [-0.4, -0.2) is 38.1 Å². The molecule has 0 radical (unpaired) electrons. The summed E-state index contributed by atoms with van der Waals surface area (Å²) in [6.07, 6.45) is 5.85. The summed E-state index contributed by atoms with van der Waals surface area (Å²) in [7, 11) is -3.03. The average Bonchev–Trinajstić information content (AvgIpc) is 2.54. The minimum Gasteiger partial charge on any atom is -0.330 e. The van der Waals surface area contributed by atoms with Crippen LogP contribution in [0.25, 0.3) is 0 Å². The Hall–Kier alpha value is -0.130. The maximum absolute atomic E-state index is 12.1. The summed E-state index contributed by atoms with van der Waals surface area (Å²) in [6.45, 7) is 4.19. The molecule has 0 spiro atoms. The zero-order valence-electron chi connectivity index (χ0n) is 10.9. The molecule has 0 aromatic rings. The molecule has 4 nitrogen and oxygen atoms in total. The van der Waals surface area contributed by atoms with E-state index >= 15 is 0 Å². The maximum Gasteiger partial charge on any atom is 0.214 e. The maximum atomic E-state index is 12.1. The number of nitrogens with two attached hydrogens (primary N) is 1. The molecule has 1 atom stereocenters. The summed E-state index contributed by atoms with van der Waals surface area (Å²) < 4.78 is 25.9. The van der Waals surface area contributed by atoms with Gasteiger partial charge in [-0.25, -0.2) is 12.7 Å². The van der Waals surface area contributed by atoms with Gasteiger partial charge in [0, 0.05) is 13.1 Å². The number of sulfonamides is 1. The minimum atomic E-state index is -3.03. The van der Waals surface area contributed by atoms with E-state index in [2.05, 4.69) is 6.92 Å². The highest BCUT2D eigenvalue weighted by molar-refractivity contribution is 7.89. The monoisotopic (exact) mass is 262 g/mol. The molecule has 0 aromatic carbocycles. The molecule has 0 saturated carbocycles. The molecule has 0 aromatic heterocycles. The highest BCUT2D eigenvalue weighted by Gasteiger charge is 2.24. The number of hydrogen-bond acceptors (Lipinski definition) is 3. The molecule has 0 aliphatic carbocycles. The van der Waals surface area contributed by atoms with Crippen LogP contribution in [-0.2, 0) is 10.0 Å².